The minimum atomic E-state index is -0.418. The van der Waals surface area contributed by atoms with Crippen LogP contribution in [-0.2, 0) is 20.8 Å². The van der Waals surface area contributed by atoms with Gasteiger partial charge in [-0.15, -0.1) is 0 Å². The normalized spacial score (nSPS) is 20.7. The van der Waals surface area contributed by atoms with Crippen molar-refractivity contribution in [3.63, 3.8) is 0 Å². The Labute approximate surface area is 130 Å². The minimum Gasteiger partial charge on any atom is -0.466 e. The Balaban J connectivity index is 2.01. The zero-order valence-electron chi connectivity index (χ0n) is 13.0. The molecule has 1 N–H and O–H groups in total. The first-order valence-electron chi connectivity index (χ1n) is 7.42. The molecule has 0 spiro atoms. The van der Waals surface area contributed by atoms with E-state index < -0.39 is 6.09 Å². The molecule has 0 aliphatic carbocycles. The van der Waals surface area contributed by atoms with E-state index in [4.69, 9.17) is 9.47 Å². The first kappa shape index (κ1) is 16.3. The number of methoxy groups -OCH3 is 1. The van der Waals surface area contributed by atoms with Gasteiger partial charge in [0.1, 0.15) is 0 Å². The molecule has 1 aliphatic rings. The SMILES string of the molecule is CCOC(=O)C1CN(C(=O)OC)CC1NCc1ccccc1. The molecule has 22 heavy (non-hydrogen) atoms. The van der Waals surface area contributed by atoms with E-state index >= 15 is 0 Å². The highest BCUT2D eigenvalue weighted by Crippen LogP contribution is 2.20. The molecule has 1 heterocycles. The molecule has 1 aromatic rings. The van der Waals surface area contributed by atoms with E-state index in [1.165, 1.54) is 12.0 Å². The lowest BCUT2D eigenvalue weighted by Gasteiger charge is -2.18. The van der Waals surface area contributed by atoms with Gasteiger partial charge in [0.2, 0.25) is 0 Å². The van der Waals surface area contributed by atoms with Crippen molar-refractivity contribution >= 4 is 12.1 Å². The number of esters is 1. The average molecular weight is 306 g/mol. The van der Waals surface area contributed by atoms with Gasteiger partial charge in [-0.25, -0.2) is 4.79 Å². The number of nitrogens with one attached hydrogen (secondary N) is 1. The maximum atomic E-state index is 12.1. The lowest BCUT2D eigenvalue weighted by atomic mass is 10.0. The molecule has 1 aliphatic heterocycles. The molecule has 0 saturated carbocycles. The summed E-state index contributed by atoms with van der Waals surface area (Å²) in [5.41, 5.74) is 1.13. The molecule has 2 atom stereocenters. The fraction of sp³-hybridized carbons (Fsp3) is 0.500. The topological polar surface area (TPSA) is 67.9 Å². The van der Waals surface area contributed by atoms with Crippen molar-refractivity contribution in [3.05, 3.63) is 35.9 Å². The predicted octanol–water partition coefficient (Wildman–Crippen LogP) is 1.41. The summed E-state index contributed by atoms with van der Waals surface area (Å²) in [6.45, 7) is 3.49. The summed E-state index contributed by atoms with van der Waals surface area (Å²) in [7, 11) is 1.34. The molecule has 6 nitrogen and oxygen atoms in total. The summed E-state index contributed by atoms with van der Waals surface area (Å²) in [5, 5.41) is 3.35. The first-order valence-corrected chi connectivity index (χ1v) is 7.42. The molecule has 2 unspecified atom stereocenters. The highest BCUT2D eigenvalue weighted by molar-refractivity contribution is 5.76. The Kier molecular flexibility index (Phi) is 5.77. The standard InChI is InChI=1S/C16H22N2O4/c1-3-22-15(19)13-10-18(16(20)21-2)11-14(13)17-9-12-7-5-4-6-8-12/h4-8,13-14,17H,3,9-11H2,1-2H3. The Morgan fingerprint density at radius 1 is 1.27 bits per heavy atom. The van der Waals surface area contributed by atoms with E-state index in [-0.39, 0.29) is 17.9 Å². The lowest BCUT2D eigenvalue weighted by molar-refractivity contribution is -0.148. The highest BCUT2D eigenvalue weighted by Gasteiger charge is 2.40. The number of rotatable bonds is 5. The maximum Gasteiger partial charge on any atom is 0.409 e. The number of hydrogen-bond donors (Lipinski definition) is 1. The van der Waals surface area contributed by atoms with E-state index in [0.717, 1.165) is 5.56 Å². The smallest absolute Gasteiger partial charge is 0.409 e. The number of nitrogens with zero attached hydrogens (tertiary/aromatic N) is 1. The van der Waals surface area contributed by atoms with Gasteiger partial charge in [0.05, 0.1) is 19.6 Å². The minimum absolute atomic E-state index is 0.140. The van der Waals surface area contributed by atoms with Crippen molar-refractivity contribution < 1.29 is 19.1 Å². The molecule has 6 heteroatoms. The zero-order chi connectivity index (χ0) is 15.9. The van der Waals surface area contributed by atoms with Crippen LogP contribution in [-0.4, -0.2) is 49.8 Å². The molecule has 0 radical (unpaired) electrons. The van der Waals surface area contributed by atoms with E-state index in [1.54, 1.807) is 6.92 Å². The summed E-state index contributed by atoms with van der Waals surface area (Å²) >= 11 is 0. The Hall–Kier alpha value is -2.08. The van der Waals surface area contributed by atoms with Gasteiger partial charge in [-0.2, -0.15) is 0 Å². The van der Waals surface area contributed by atoms with E-state index in [9.17, 15) is 9.59 Å². The quantitative estimate of drug-likeness (QED) is 0.833. The molecule has 0 aromatic heterocycles. The summed E-state index contributed by atoms with van der Waals surface area (Å²) < 4.78 is 9.85. The maximum absolute atomic E-state index is 12.1. The van der Waals surface area contributed by atoms with E-state index in [0.29, 0.717) is 26.2 Å². The predicted molar refractivity (Wildman–Crippen MR) is 81.2 cm³/mol. The van der Waals surface area contributed by atoms with Crippen LogP contribution in [0.2, 0.25) is 0 Å². The van der Waals surface area contributed by atoms with Gasteiger partial charge in [-0.1, -0.05) is 30.3 Å². The largest absolute Gasteiger partial charge is 0.466 e. The summed E-state index contributed by atoms with van der Waals surface area (Å²) in [4.78, 5) is 25.3. The van der Waals surface area contributed by atoms with Gasteiger partial charge in [0, 0.05) is 25.7 Å². The number of hydrogen-bond acceptors (Lipinski definition) is 5. The van der Waals surface area contributed by atoms with Crippen LogP contribution in [0.5, 0.6) is 0 Å². The van der Waals surface area contributed by atoms with Gasteiger partial charge in [0.15, 0.2) is 0 Å². The van der Waals surface area contributed by atoms with Gasteiger partial charge in [-0.3, -0.25) is 4.79 Å². The van der Waals surface area contributed by atoms with Crippen LogP contribution in [0.1, 0.15) is 12.5 Å². The second-order valence-corrected chi connectivity index (χ2v) is 5.21. The van der Waals surface area contributed by atoms with E-state index in [1.807, 2.05) is 30.3 Å². The first-order chi connectivity index (χ1) is 10.7. The monoisotopic (exact) mass is 306 g/mol. The van der Waals surface area contributed by atoms with Crippen molar-refractivity contribution in [1.29, 1.82) is 0 Å². The van der Waals surface area contributed by atoms with Gasteiger partial charge >= 0.3 is 12.1 Å². The van der Waals surface area contributed by atoms with Crippen LogP contribution in [0.25, 0.3) is 0 Å². The highest BCUT2D eigenvalue weighted by atomic mass is 16.5. The zero-order valence-corrected chi connectivity index (χ0v) is 13.0. The van der Waals surface area contributed by atoms with Gasteiger partial charge < -0.3 is 19.7 Å². The van der Waals surface area contributed by atoms with Crippen LogP contribution in [0.15, 0.2) is 30.3 Å². The third-order valence-corrected chi connectivity index (χ3v) is 3.75. The van der Waals surface area contributed by atoms with Crippen molar-refractivity contribution in [2.75, 3.05) is 26.8 Å². The molecule has 120 valence electrons. The Morgan fingerprint density at radius 3 is 2.64 bits per heavy atom. The number of benzene rings is 1. The Morgan fingerprint density at radius 2 is 2.00 bits per heavy atom. The molecule has 2 rings (SSSR count). The van der Waals surface area contributed by atoms with Crippen molar-refractivity contribution in [3.8, 4) is 0 Å². The van der Waals surface area contributed by atoms with Crippen LogP contribution < -0.4 is 5.32 Å². The summed E-state index contributed by atoms with van der Waals surface area (Å²) in [6.07, 6.45) is -0.418. The number of ether oxygens (including phenoxy) is 2. The fourth-order valence-electron chi connectivity index (χ4n) is 2.62. The third-order valence-electron chi connectivity index (χ3n) is 3.75. The molecule has 1 saturated heterocycles. The molecule has 1 aromatic carbocycles. The number of carbonyl (C=O) groups excluding carboxylic acids is 2. The molecule has 1 fully saturated rings. The lowest BCUT2D eigenvalue weighted by Crippen LogP contribution is -2.40. The third kappa shape index (κ3) is 3.98. The van der Waals surface area contributed by atoms with Crippen LogP contribution in [0.3, 0.4) is 0 Å². The number of carbonyl (C=O) groups is 2. The van der Waals surface area contributed by atoms with Gasteiger partial charge in [0.25, 0.3) is 0 Å². The van der Waals surface area contributed by atoms with Crippen LogP contribution in [0.4, 0.5) is 4.79 Å². The fourth-order valence-corrected chi connectivity index (χ4v) is 2.62. The average Bonchev–Trinajstić information content (AvgIpc) is 2.98. The number of amides is 1. The molecule has 0 bridgehead atoms. The van der Waals surface area contributed by atoms with Crippen LogP contribution >= 0.6 is 0 Å². The Bertz CT molecular complexity index is 506. The van der Waals surface area contributed by atoms with Crippen molar-refractivity contribution in [2.45, 2.75) is 19.5 Å². The summed E-state index contributed by atoms with van der Waals surface area (Å²) in [5.74, 6) is -0.651. The van der Waals surface area contributed by atoms with Crippen molar-refractivity contribution in [1.82, 2.24) is 10.2 Å². The molecular weight excluding hydrogens is 284 g/mol. The summed E-state index contributed by atoms with van der Waals surface area (Å²) in [6, 6.07) is 9.78. The molecule has 1 amide bonds. The van der Waals surface area contributed by atoms with Crippen molar-refractivity contribution in [2.24, 2.45) is 5.92 Å². The second-order valence-electron chi connectivity index (χ2n) is 5.21. The second kappa shape index (κ2) is 7.79. The van der Waals surface area contributed by atoms with Gasteiger partial charge in [-0.05, 0) is 12.5 Å². The van der Waals surface area contributed by atoms with E-state index in [2.05, 4.69) is 5.32 Å². The van der Waals surface area contributed by atoms with Crippen LogP contribution in [0, 0.1) is 5.92 Å². The number of likely N-dealkylation sites (tertiary alicyclic amines) is 1. The molecular formula is C16H22N2O4.